The minimum atomic E-state index is -0.904. The molecule has 1 aromatic heterocycles. The number of likely N-dealkylation sites (tertiary alicyclic amines) is 1. The molecular weight excluding hydrogens is 486 g/mol. The summed E-state index contributed by atoms with van der Waals surface area (Å²) in [4.78, 5) is 32.0. The molecule has 0 unspecified atom stereocenters. The molecule has 1 saturated heterocycles. The molecule has 0 spiro atoms. The van der Waals surface area contributed by atoms with Gasteiger partial charge in [-0.25, -0.2) is 4.98 Å². The van der Waals surface area contributed by atoms with E-state index in [2.05, 4.69) is 4.98 Å². The molecule has 36 heavy (non-hydrogen) atoms. The summed E-state index contributed by atoms with van der Waals surface area (Å²) in [5.41, 5.74) is 0.735. The van der Waals surface area contributed by atoms with Crippen molar-refractivity contribution in [2.24, 2.45) is 0 Å². The lowest BCUT2D eigenvalue weighted by Crippen LogP contribution is -2.31. The molecule has 2 aromatic carbocycles. The molecule has 2 heterocycles. The minimum absolute atomic E-state index is 0.0598. The van der Waals surface area contributed by atoms with Crippen molar-refractivity contribution in [3.05, 3.63) is 76.8 Å². The molecule has 1 atom stereocenters. The van der Waals surface area contributed by atoms with Gasteiger partial charge in [0.15, 0.2) is 0 Å². The Morgan fingerprint density at radius 1 is 1.03 bits per heavy atom. The van der Waals surface area contributed by atoms with Crippen molar-refractivity contribution in [2.75, 3.05) is 27.9 Å². The zero-order chi connectivity index (χ0) is 25.8. The van der Waals surface area contributed by atoms with Crippen LogP contribution in [0.2, 0.25) is 5.02 Å². The van der Waals surface area contributed by atoms with Crippen LogP contribution in [-0.4, -0.2) is 59.1 Å². The number of carbonyl (C=O) groups excluding carboxylic acids is 2. The third kappa shape index (κ3) is 4.74. The number of hydrogen-bond donors (Lipinski definition) is 1. The molecule has 0 radical (unpaired) electrons. The van der Waals surface area contributed by atoms with Crippen LogP contribution in [0.1, 0.15) is 23.6 Å². The predicted molar refractivity (Wildman–Crippen MR) is 133 cm³/mol. The second-order valence-electron chi connectivity index (χ2n) is 8.10. The van der Waals surface area contributed by atoms with Crippen molar-refractivity contribution in [3.63, 3.8) is 0 Å². The van der Waals surface area contributed by atoms with Gasteiger partial charge in [0.2, 0.25) is 0 Å². The Balaban J connectivity index is 1.83. The molecule has 0 saturated carbocycles. The van der Waals surface area contributed by atoms with Gasteiger partial charge in [-0.3, -0.25) is 9.59 Å². The maximum absolute atomic E-state index is 13.3. The summed E-state index contributed by atoms with van der Waals surface area (Å²) in [6.07, 6.45) is 5.74. The zero-order valence-electron chi connectivity index (χ0n) is 20.1. The van der Waals surface area contributed by atoms with Gasteiger partial charge in [0.25, 0.3) is 11.7 Å². The number of aromatic nitrogens is 2. The number of ketones is 1. The van der Waals surface area contributed by atoms with Crippen LogP contribution in [0.3, 0.4) is 0 Å². The second kappa shape index (κ2) is 10.7. The maximum Gasteiger partial charge on any atom is 0.295 e. The van der Waals surface area contributed by atoms with E-state index in [1.165, 1.54) is 32.3 Å². The van der Waals surface area contributed by atoms with Crippen LogP contribution in [0.25, 0.3) is 5.76 Å². The standard InChI is InChI=1S/C26H26ClN3O6/c1-34-17-6-8-20(35-2)18(14-17)23-22(24(31)16-5-7-21(36-3)19(27)13-16)25(32)26(33)30(23)11-4-10-29-12-9-28-15-29/h5-9,12-15,23,31H,4,10-11H2,1-3H3/t23-/m0/s1. The third-order valence-corrected chi connectivity index (χ3v) is 6.37. The Labute approximate surface area is 213 Å². The monoisotopic (exact) mass is 511 g/mol. The SMILES string of the molecule is COc1ccc(OC)c([C@H]2C(=C(O)c3ccc(OC)c(Cl)c3)C(=O)C(=O)N2CCCn2ccnc2)c1. The number of rotatable bonds is 9. The summed E-state index contributed by atoms with van der Waals surface area (Å²) in [5, 5.41) is 11.6. The van der Waals surface area contributed by atoms with E-state index in [0.717, 1.165) is 0 Å². The highest BCUT2D eigenvalue weighted by atomic mass is 35.5. The van der Waals surface area contributed by atoms with Crippen molar-refractivity contribution < 1.29 is 28.9 Å². The average Bonchev–Trinajstić information content (AvgIpc) is 3.50. The van der Waals surface area contributed by atoms with Gasteiger partial charge in [-0.1, -0.05) is 11.6 Å². The van der Waals surface area contributed by atoms with Crippen molar-refractivity contribution in [3.8, 4) is 17.2 Å². The Morgan fingerprint density at radius 2 is 1.78 bits per heavy atom. The lowest BCUT2D eigenvalue weighted by molar-refractivity contribution is -0.140. The van der Waals surface area contributed by atoms with E-state index >= 15 is 0 Å². The number of carbonyl (C=O) groups is 2. The molecule has 9 nitrogen and oxygen atoms in total. The predicted octanol–water partition coefficient (Wildman–Crippen LogP) is 4.07. The molecule has 0 bridgehead atoms. The largest absolute Gasteiger partial charge is 0.507 e. The van der Waals surface area contributed by atoms with Gasteiger partial charge in [-0.2, -0.15) is 0 Å². The third-order valence-electron chi connectivity index (χ3n) is 6.07. The number of methoxy groups -OCH3 is 3. The Kier molecular flexibility index (Phi) is 7.49. The quantitative estimate of drug-likeness (QED) is 0.262. The summed E-state index contributed by atoms with van der Waals surface area (Å²) in [7, 11) is 4.50. The van der Waals surface area contributed by atoms with E-state index in [1.54, 1.807) is 42.9 Å². The van der Waals surface area contributed by atoms with Crippen molar-refractivity contribution >= 4 is 29.1 Å². The highest BCUT2D eigenvalue weighted by Crippen LogP contribution is 2.44. The summed E-state index contributed by atoms with van der Waals surface area (Å²) >= 11 is 6.27. The number of aliphatic hydroxyl groups is 1. The lowest BCUT2D eigenvalue weighted by atomic mass is 9.94. The van der Waals surface area contributed by atoms with Crippen molar-refractivity contribution in [1.29, 1.82) is 0 Å². The molecule has 0 aliphatic carbocycles. The average molecular weight is 512 g/mol. The van der Waals surface area contributed by atoms with Crippen LogP contribution in [-0.2, 0) is 16.1 Å². The second-order valence-corrected chi connectivity index (χ2v) is 8.51. The maximum atomic E-state index is 13.3. The highest BCUT2D eigenvalue weighted by Gasteiger charge is 2.47. The Morgan fingerprint density at radius 3 is 2.42 bits per heavy atom. The van der Waals surface area contributed by atoms with Gasteiger partial charge in [-0.05, 0) is 42.8 Å². The van der Waals surface area contributed by atoms with Crippen LogP contribution in [0.15, 0.2) is 60.7 Å². The van der Waals surface area contributed by atoms with Crippen LogP contribution in [0.4, 0.5) is 0 Å². The summed E-state index contributed by atoms with van der Waals surface area (Å²) in [6, 6.07) is 8.86. The van der Waals surface area contributed by atoms with Gasteiger partial charge >= 0.3 is 0 Å². The molecule has 1 aliphatic heterocycles. The van der Waals surface area contributed by atoms with E-state index in [9.17, 15) is 14.7 Å². The van der Waals surface area contributed by atoms with Gasteiger partial charge in [0, 0.05) is 36.6 Å². The number of amides is 1. The van der Waals surface area contributed by atoms with E-state index in [4.69, 9.17) is 25.8 Å². The van der Waals surface area contributed by atoms with Gasteiger partial charge in [0.1, 0.15) is 23.0 Å². The first-order valence-corrected chi connectivity index (χ1v) is 11.6. The molecule has 1 fully saturated rings. The van der Waals surface area contributed by atoms with E-state index in [0.29, 0.717) is 35.8 Å². The molecule has 1 aliphatic rings. The van der Waals surface area contributed by atoms with Crippen molar-refractivity contribution in [1.82, 2.24) is 14.5 Å². The zero-order valence-corrected chi connectivity index (χ0v) is 20.9. The normalized spacial score (nSPS) is 16.9. The van der Waals surface area contributed by atoms with Crippen LogP contribution in [0, 0.1) is 0 Å². The fraction of sp³-hybridized carbons (Fsp3) is 0.269. The van der Waals surface area contributed by atoms with Crippen LogP contribution < -0.4 is 14.2 Å². The van der Waals surface area contributed by atoms with E-state index in [-0.39, 0.29) is 28.5 Å². The number of nitrogens with zero attached hydrogens (tertiary/aromatic N) is 3. The summed E-state index contributed by atoms with van der Waals surface area (Å²) in [5.74, 6) is -0.471. The number of halogens is 1. The molecule has 188 valence electrons. The number of imidazole rings is 1. The molecule has 4 rings (SSSR count). The molecule has 10 heteroatoms. The van der Waals surface area contributed by atoms with Gasteiger partial charge in [-0.15, -0.1) is 0 Å². The molecular formula is C26H26ClN3O6. The van der Waals surface area contributed by atoms with Gasteiger partial charge in [0.05, 0.1) is 44.3 Å². The fourth-order valence-corrected chi connectivity index (χ4v) is 4.56. The lowest BCUT2D eigenvalue weighted by Gasteiger charge is -2.27. The van der Waals surface area contributed by atoms with E-state index < -0.39 is 17.7 Å². The molecule has 1 amide bonds. The number of ether oxygens (including phenoxy) is 3. The first-order chi connectivity index (χ1) is 17.4. The molecule has 1 N–H and O–H groups in total. The summed E-state index contributed by atoms with van der Waals surface area (Å²) < 4.78 is 18.0. The summed E-state index contributed by atoms with van der Waals surface area (Å²) in [6.45, 7) is 0.854. The molecule has 3 aromatic rings. The first-order valence-electron chi connectivity index (χ1n) is 11.2. The Bertz CT molecular complexity index is 1310. The number of aryl methyl sites for hydroxylation is 1. The van der Waals surface area contributed by atoms with Crippen molar-refractivity contribution in [2.45, 2.75) is 19.0 Å². The van der Waals surface area contributed by atoms with Crippen LogP contribution in [0.5, 0.6) is 17.2 Å². The number of aliphatic hydroxyl groups excluding tert-OH is 1. The topological polar surface area (TPSA) is 103 Å². The smallest absolute Gasteiger partial charge is 0.295 e. The number of hydrogen-bond acceptors (Lipinski definition) is 7. The van der Waals surface area contributed by atoms with Gasteiger partial charge < -0.3 is 28.8 Å². The fourth-order valence-electron chi connectivity index (χ4n) is 4.30. The number of Topliss-reactive ketones (excluding diaryl/α,β-unsaturated/α-hetero) is 1. The number of benzene rings is 2. The van der Waals surface area contributed by atoms with E-state index in [1.807, 2.05) is 10.8 Å². The highest BCUT2D eigenvalue weighted by molar-refractivity contribution is 6.46. The minimum Gasteiger partial charge on any atom is -0.507 e. The Hall–Kier alpha value is -3.98. The first kappa shape index (κ1) is 25.1. The van der Waals surface area contributed by atoms with Crippen LogP contribution >= 0.6 is 11.6 Å².